The molecule has 0 radical (unpaired) electrons. The van der Waals surface area contributed by atoms with Crippen LogP contribution in [0.3, 0.4) is 0 Å². The molecule has 0 bridgehead atoms. The van der Waals surface area contributed by atoms with Gasteiger partial charge in [0.15, 0.2) is 11.5 Å². The van der Waals surface area contributed by atoms with Gasteiger partial charge < -0.3 is 24.3 Å². The van der Waals surface area contributed by atoms with Gasteiger partial charge in [-0.1, -0.05) is 30.3 Å². The highest BCUT2D eigenvalue weighted by molar-refractivity contribution is 5.95. The van der Waals surface area contributed by atoms with Gasteiger partial charge in [-0.25, -0.2) is 0 Å². The predicted octanol–water partition coefficient (Wildman–Crippen LogP) is 2.90. The lowest BCUT2D eigenvalue weighted by molar-refractivity contribution is 0.00888. The van der Waals surface area contributed by atoms with E-state index >= 15 is 0 Å². The third-order valence-electron chi connectivity index (χ3n) is 5.34. The Kier molecular flexibility index (Phi) is 7.54. The molecule has 7 nitrogen and oxygen atoms in total. The molecular weight excluding hydrogens is 384 g/mol. The monoisotopic (exact) mass is 414 g/mol. The van der Waals surface area contributed by atoms with Crippen molar-refractivity contribution in [1.82, 2.24) is 10.2 Å². The highest BCUT2D eigenvalue weighted by atomic mass is 16.5. The molecule has 2 atom stereocenters. The topological polar surface area (TPSA) is 69.3 Å². The summed E-state index contributed by atoms with van der Waals surface area (Å²) in [5.74, 6) is 1.15. The molecule has 0 aromatic heterocycles. The molecule has 2 unspecified atom stereocenters. The summed E-state index contributed by atoms with van der Waals surface area (Å²) >= 11 is 0. The van der Waals surface area contributed by atoms with Crippen molar-refractivity contribution in [2.45, 2.75) is 19.0 Å². The fraction of sp³-hybridized carbons (Fsp3) is 0.435. The van der Waals surface area contributed by atoms with E-state index in [-0.39, 0.29) is 18.0 Å². The van der Waals surface area contributed by atoms with Gasteiger partial charge in [0.25, 0.3) is 5.91 Å². The number of hydrogen-bond acceptors (Lipinski definition) is 6. The average Bonchev–Trinajstić information content (AvgIpc) is 2.79. The minimum Gasteiger partial charge on any atom is -0.493 e. The van der Waals surface area contributed by atoms with Crippen molar-refractivity contribution in [2.24, 2.45) is 0 Å². The van der Waals surface area contributed by atoms with Gasteiger partial charge in [0.1, 0.15) is 0 Å². The Hall–Kier alpha value is -2.77. The standard InChI is InChI=1S/C23H30N2O5/c1-16(21(17-8-6-5-7-9-17)25-10-12-30-13-11-25)24-23(26)18-14-19(27-2)22(29-4)20(15-18)28-3/h5-9,14-16,21H,10-13H2,1-4H3,(H,24,26). The molecule has 1 amide bonds. The summed E-state index contributed by atoms with van der Waals surface area (Å²) in [5.41, 5.74) is 1.61. The summed E-state index contributed by atoms with van der Waals surface area (Å²) in [6.45, 7) is 5.06. The summed E-state index contributed by atoms with van der Waals surface area (Å²) in [4.78, 5) is 15.5. The fourth-order valence-corrected chi connectivity index (χ4v) is 3.90. The first-order valence-electron chi connectivity index (χ1n) is 10.1. The molecule has 162 valence electrons. The maximum absolute atomic E-state index is 13.1. The molecule has 1 saturated heterocycles. The molecular formula is C23H30N2O5. The smallest absolute Gasteiger partial charge is 0.251 e. The lowest BCUT2D eigenvalue weighted by Gasteiger charge is -2.38. The van der Waals surface area contributed by atoms with E-state index in [9.17, 15) is 4.79 Å². The quantitative estimate of drug-likeness (QED) is 0.716. The average molecular weight is 415 g/mol. The van der Waals surface area contributed by atoms with Crippen LogP contribution in [0.25, 0.3) is 0 Å². The summed E-state index contributed by atoms with van der Waals surface area (Å²) in [6.07, 6.45) is 0. The van der Waals surface area contributed by atoms with Crippen molar-refractivity contribution in [3.8, 4) is 17.2 Å². The van der Waals surface area contributed by atoms with E-state index < -0.39 is 0 Å². The maximum Gasteiger partial charge on any atom is 0.251 e. The molecule has 30 heavy (non-hydrogen) atoms. The van der Waals surface area contributed by atoms with Crippen LogP contribution in [0.2, 0.25) is 0 Å². The number of carbonyl (C=O) groups excluding carboxylic acids is 1. The van der Waals surface area contributed by atoms with E-state index in [1.807, 2.05) is 25.1 Å². The van der Waals surface area contributed by atoms with Crippen LogP contribution >= 0.6 is 0 Å². The second-order valence-electron chi connectivity index (χ2n) is 7.18. The van der Waals surface area contributed by atoms with E-state index in [1.165, 1.54) is 21.3 Å². The van der Waals surface area contributed by atoms with Crippen LogP contribution in [0.15, 0.2) is 42.5 Å². The molecule has 1 fully saturated rings. The van der Waals surface area contributed by atoms with Crippen LogP contribution in [-0.4, -0.2) is 64.5 Å². The zero-order chi connectivity index (χ0) is 21.5. The largest absolute Gasteiger partial charge is 0.493 e. The van der Waals surface area contributed by atoms with Gasteiger partial charge >= 0.3 is 0 Å². The van der Waals surface area contributed by atoms with Crippen LogP contribution in [0.1, 0.15) is 28.9 Å². The lowest BCUT2D eigenvalue weighted by atomic mass is 9.97. The molecule has 1 aliphatic heterocycles. The zero-order valence-corrected chi connectivity index (χ0v) is 18.0. The van der Waals surface area contributed by atoms with Crippen molar-refractivity contribution < 1.29 is 23.7 Å². The molecule has 1 aliphatic rings. The van der Waals surface area contributed by atoms with E-state index in [1.54, 1.807) is 12.1 Å². The van der Waals surface area contributed by atoms with Crippen LogP contribution in [0.5, 0.6) is 17.2 Å². The Morgan fingerprint density at radius 3 is 2.13 bits per heavy atom. The Labute approximate surface area is 177 Å². The summed E-state index contributed by atoms with van der Waals surface area (Å²) in [5, 5.41) is 3.16. The van der Waals surface area contributed by atoms with Gasteiger partial charge in [-0.3, -0.25) is 9.69 Å². The number of amides is 1. The van der Waals surface area contributed by atoms with E-state index in [0.29, 0.717) is 36.0 Å². The first-order valence-corrected chi connectivity index (χ1v) is 10.1. The minimum absolute atomic E-state index is 0.0427. The Balaban J connectivity index is 1.85. The number of benzene rings is 2. The molecule has 1 heterocycles. The van der Waals surface area contributed by atoms with Crippen LogP contribution in [0, 0.1) is 0 Å². The van der Waals surface area contributed by atoms with Crippen molar-refractivity contribution in [3.05, 3.63) is 53.6 Å². The molecule has 0 saturated carbocycles. The van der Waals surface area contributed by atoms with Gasteiger partial charge in [0, 0.05) is 24.7 Å². The molecule has 2 aromatic carbocycles. The molecule has 0 spiro atoms. The predicted molar refractivity (Wildman–Crippen MR) is 115 cm³/mol. The Bertz CT molecular complexity index is 812. The number of morpholine rings is 1. The molecule has 2 aromatic rings. The van der Waals surface area contributed by atoms with Crippen LogP contribution in [-0.2, 0) is 4.74 Å². The van der Waals surface area contributed by atoms with Gasteiger partial charge in [0.05, 0.1) is 40.6 Å². The van der Waals surface area contributed by atoms with E-state index in [0.717, 1.165) is 18.7 Å². The van der Waals surface area contributed by atoms with Crippen molar-refractivity contribution in [3.63, 3.8) is 0 Å². The second-order valence-corrected chi connectivity index (χ2v) is 7.18. The first-order chi connectivity index (χ1) is 14.6. The Morgan fingerprint density at radius 1 is 1.00 bits per heavy atom. The zero-order valence-electron chi connectivity index (χ0n) is 18.0. The summed E-state index contributed by atoms with van der Waals surface area (Å²) < 4.78 is 21.6. The number of hydrogen-bond donors (Lipinski definition) is 1. The molecule has 1 N–H and O–H groups in total. The number of rotatable bonds is 8. The van der Waals surface area contributed by atoms with Crippen LogP contribution < -0.4 is 19.5 Å². The molecule has 7 heteroatoms. The van der Waals surface area contributed by atoms with Gasteiger partial charge in [-0.15, -0.1) is 0 Å². The van der Waals surface area contributed by atoms with Gasteiger partial charge in [-0.2, -0.15) is 0 Å². The Morgan fingerprint density at radius 2 is 1.60 bits per heavy atom. The van der Waals surface area contributed by atoms with Crippen molar-refractivity contribution in [2.75, 3.05) is 47.6 Å². The third kappa shape index (κ3) is 4.86. The number of nitrogens with zero attached hydrogens (tertiary/aromatic N) is 1. The van der Waals surface area contributed by atoms with Crippen molar-refractivity contribution in [1.29, 1.82) is 0 Å². The SMILES string of the molecule is COc1cc(C(=O)NC(C)C(c2ccccc2)N2CCOCC2)cc(OC)c1OC. The summed E-state index contributed by atoms with van der Waals surface area (Å²) in [7, 11) is 4.60. The van der Waals surface area contributed by atoms with Gasteiger partial charge in [0.2, 0.25) is 5.75 Å². The maximum atomic E-state index is 13.1. The normalized spacial score (nSPS) is 16.4. The van der Waals surface area contributed by atoms with Crippen LogP contribution in [0.4, 0.5) is 0 Å². The second kappa shape index (κ2) is 10.3. The number of methoxy groups -OCH3 is 3. The van der Waals surface area contributed by atoms with Gasteiger partial charge in [-0.05, 0) is 24.6 Å². The van der Waals surface area contributed by atoms with Crippen molar-refractivity contribution >= 4 is 5.91 Å². The highest BCUT2D eigenvalue weighted by Gasteiger charge is 2.29. The number of ether oxygens (including phenoxy) is 4. The van der Waals surface area contributed by atoms with E-state index in [2.05, 4.69) is 22.3 Å². The lowest BCUT2D eigenvalue weighted by Crippen LogP contribution is -2.48. The molecule has 0 aliphatic carbocycles. The van der Waals surface area contributed by atoms with E-state index in [4.69, 9.17) is 18.9 Å². The fourth-order valence-electron chi connectivity index (χ4n) is 3.90. The minimum atomic E-state index is -0.198. The number of carbonyl (C=O) groups is 1. The number of nitrogens with one attached hydrogen (secondary N) is 1. The first kappa shape index (κ1) is 21.9. The summed E-state index contributed by atoms with van der Waals surface area (Å²) in [6, 6.07) is 13.5. The third-order valence-corrected chi connectivity index (χ3v) is 5.34. The molecule has 3 rings (SSSR count). The highest BCUT2D eigenvalue weighted by Crippen LogP contribution is 2.38.